The Labute approximate surface area is 118 Å². The molecule has 2 atom stereocenters. The largest absolute Gasteiger partial charge is 0.306 e. The number of rotatable bonds is 3. The molecule has 19 heavy (non-hydrogen) atoms. The normalized spacial score (nSPS) is 20.0. The highest BCUT2D eigenvalue weighted by Gasteiger charge is 2.20. The number of benzene rings is 1. The van der Waals surface area contributed by atoms with Crippen LogP contribution < -0.4 is 5.32 Å². The molecule has 1 heterocycles. The molecule has 1 aliphatic rings. The van der Waals surface area contributed by atoms with Gasteiger partial charge in [0.1, 0.15) is 0 Å². The van der Waals surface area contributed by atoms with Crippen LogP contribution in [0.4, 0.5) is 0 Å². The van der Waals surface area contributed by atoms with Gasteiger partial charge in [0.25, 0.3) is 0 Å². The van der Waals surface area contributed by atoms with E-state index in [4.69, 9.17) is 0 Å². The lowest BCUT2D eigenvalue weighted by molar-refractivity contribution is 0.410. The van der Waals surface area contributed by atoms with Gasteiger partial charge in [-0.3, -0.25) is 0 Å². The predicted molar refractivity (Wildman–Crippen MR) is 80.7 cm³/mol. The summed E-state index contributed by atoms with van der Waals surface area (Å²) in [5, 5.41) is 7.05. The molecule has 0 saturated carbocycles. The number of fused-ring (bicyclic) bond motifs is 1. The van der Waals surface area contributed by atoms with E-state index < -0.39 is 0 Å². The molecule has 1 aromatic heterocycles. The minimum Gasteiger partial charge on any atom is -0.306 e. The van der Waals surface area contributed by atoms with Gasteiger partial charge in [-0.05, 0) is 44.2 Å². The van der Waals surface area contributed by atoms with E-state index in [1.54, 1.807) is 11.3 Å². The number of aromatic nitrogens is 1. The fraction of sp³-hybridized carbons (Fsp3) is 0.438. The third kappa shape index (κ3) is 2.88. The summed E-state index contributed by atoms with van der Waals surface area (Å²) in [5.74, 6) is 0. The molecule has 0 saturated heterocycles. The standard InChI is InChI=1S/C16H20N2S/c1-11(16-10-19-12(2)18-16)17-15-8-7-13-5-3-4-6-14(13)9-15/h3-6,10-11,15,17H,7-9H2,1-2H3. The van der Waals surface area contributed by atoms with Crippen LogP contribution in [0.15, 0.2) is 29.6 Å². The van der Waals surface area contributed by atoms with Crippen molar-refractivity contribution in [3.05, 3.63) is 51.5 Å². The molecule has 1 aliphatic carbocycles. The number of aryl methyl sites for hydroxylation is 2. The Morgan fingerprint density at radius 3 is 2.84 bits per heavy atom. The summed E-state index contributed by atoms with van der Waals surface area (Å²) in [5.41, 5.74) is 4.21. The van der Waals surface area contributed by atoms with Gasteiger partial charge < -0.3 is 5.32 Å². The quantitative estimate of drug-likeness (QED) is 0.922. The monoisotopic (exact) mass is 272 g/mol. The number of hydrogen-bond donors (Lipinski definition) is 1. The molecule has 0 amide bonds. The van der Waals surface area contributed by atoms with E-state index in [1.807, 2.05) is 0 Å². The average Bonchev–Trinajstić information content (AvgIpc) is 2.85. The third-order valence-electron chi connectivity index (χ3n) is 3.91. The zero-order valence-corrected chi connectivity index (χ0v) is 12.3. The van der Waals surface area contributed by atoms with Crippen LogP contribution in [0.3, 0.4) is 0 Å². The second-order valence-corrected chi connectivity index (χ2v) is 6.45. The Hall–Kier alpha value is -1.19. The summed E-state index contributed by atoms with van der Waals surface area (Å²) in [6, 6.07) is 9.74. The van der Waals surface area contributed by atoms with E-state index in [2.05, 4.69) is 53.8 Å². The first-order valence-electron chi connectivity index (χ1n) is 6.97. The lowest BCUT2D eigenvalue weighted by Crippen LogP contribution is -2.36. The van der Waals surface area contributed by atoms with Crippen molar-refractivity contribution in [3.8, 4) is 0 Å². The molecular formula is C16H20N2S. The summed E-state index contributed by atoms with van der Waals surface area (Å²) in [4.78, 5) is 4.58. The van der Waals surface area contributed by atoms with E-state index in [-0.39, 0.29) is 0 Å². The van der Waals surface area contributed by atoms with Gasteiger partial charge in [-0.1, -0.05) is 24.3 Å². The Morgan fingerprint density at radius 1 is 1.32 bits per heavy atom. The lowest BCUT2D eigenvalue weighted by Gasteiger charge is -2.28. The van der Waals surface area contributed by atoms with Gasteiger partial charge in [0.05, 0.1) is 10.7 Å². The molecule has 1 N–H and O–H groups in total. The van der Waals surface area contributed by atoms with Crippen LogP contribution >= 0.6 is 11.3 Å². The summed E-state index contributed by atoms with van der Waals surface area (Å²) < 4.78 is 0. The summed E-state index contributed by atoms with van der Waals surface area (Å²) in [6.07, 6.45) is 3.56. The van der Waals surface area contributed by atoms with Crippen molar-refractivity contribution in [2.45, 2.75) is 45.2 Å². The maximum atomic E-state index is 4.58. The molecule has 0 spiro atoms. The fourth-order valence-corrected chi connectivity index (χ4v) is 3.56. The van der Waals surface area contributed by atoms with Crippen molar-refractivity contribution in [1.82, 2.24) is 10.3 Å². The van der Waals surface area contributed by atoms with Crippen LogP contribution in [0.1, 0.15) is 41.2 Å². The van der Waals surface area contributed by atoms with Crippen LogP contribution in [-0.2, 0) is 12.8 Å². The maximum Gasteiger partial charge on any atom is 0.0898 e. The highest BCUT2D eigenvalue weighted by atomic mass is 32.1. The first-order chi connectivity index (χ1) is 9.22. The van der Waals surface area contributed by atoms with Crippen LogP contribution in [0.2, 0.25) is 0 Å². The van der Waals surface area contributed by atoms with Gasteiger partial charge in [0.15, 0.2) is 0 Å². The van der Waals surface area contributed by atoms with E-state index in [9.17, 15) is 0 Å². The van der Waals surface area contributed by atoms with Crippen molar-refractivity contribution in [1.29, 1.82) is 0 Å². The molecule has 2 nitrogen and oxygen atoms in total. The number of hydrogen-bond acceptors (Lipinski definition) is 3. The van der Waals surface area contributed by atoms with E-state index >= 15 is 0 Å². The molecule has 2 unspecified atom stereocenters. The van der Waals surface area contributed by atoms with Gasteiger partial charge >= 0.3 is 0 Å². The highest BCUT2D eigenvalue weighted by Crippen LogP contribution is 2.23. The molecule has 0 bridgehead atoms. The average molecular weight is 272 g/mol. The molecule has 0 aliphatic heterocycles. The van der Waals surface area contributed by atoms with Crippen molar-refractivity contribution < 1.29 is 0 Å². The van der Waals surface area contributed by atoms with Crippen LogP contribution in [0.25, 0.3) is 0 Å². The third-order valence-corrected chi connectivity index (χ3v) is 4.70. The Bertz CT molecular complexity index is 561. The van der Waals surface area contributed by atoms with Crippen LogP contribution in [0, 0.1) is 6.92 Å². The first kappa shape index (κ1) is 12.8. The number of thiazole rings is 1. The zero-order valence-electron chi connectivity index (χ0n) is 11.5. The summed E-state index contributed by atoms with van der Waals surface area (Å²) >= 11 is 1.73. The van der Waals surface area contributed by atoms with Gasteiger partial charge in [0, 0.05) is 17.5 Å². The fourth-order valence-electron chi connectivity index (χ4n) is 2.86. The molecule has 100 valence electrons. The van der Waals surface area contributed by atoms with Gasteiger partial charge in [-0.2, -0.15) is 0 Å². The van der Waals surface area contributed by atoms with E-state index in [0.717, 1.165) is 11.4 Å². The summed E-state index contributed by atoms with van der Waals surface area (Å²) in [7, 11) is 0. The summed E-state index contributed by atoms with van der Waals surface area (Å²) in [6.45, 7) is 4.28. The Kier molecular flexibility index (Phi) is 3.67. The predicted octanol–water partition coefficient (Wildman–Crippen LogP) is 3.66. The minimum absolute atomic E-state index is 0.347. The lowest BCUT2D eigenvalue weighted by atomic mass is 9.88. The SMILES string of the molecule is Cc1nc(C(C)NC2CCc3ccccc3C2)cs1. The maximum absolute atomic E-state index is 4.58. The molecule has 3 heteroatoms. The minimum atomic E-state index is 0.347. The second kappa shape index (κ2) is 5.43. The Balaban J connectivity index is 1.66. The van der Waals surface area contributed by atoms with Gasteiger partial charge in [-0.15, -0.1) is 11.3 Å². The van der Waals surface area contributed by atoms with Gasteiger partial charge in [-0.25, -0.2) is 4.98 Å². The number of nitrogens with one attached hydrogen (secondary N) is 1. The second-order valence-electron chi connectivity index (χ2n) is 5.39. The van der Waals surface area contributed by atoms with Crippen molar-refractivity contribution in [2.24, 2.45) is 0 Å². The molecule has 0 radical (unpaired) electrons. The molecule has 1 aromatic carbocycles. The molecule has 3 rings (SSSR count). The smallest absolute Gasteiger partial charge is 0.0898 e. The van der Waals surface area contributed by atoms with Gasteiger partial charge in [0.2, 0.25) is 0 Å². The van der Waals surface area contributed by atoms with Crippen molar-refractivity contribution in [2.75, 3.05) is 0 Å². The first-order valence-corrected chi connectivity index (χ1v) is 7.85. The zero-order chi connectivity index (χ0) is 13.2. The highest BCUT2D eigenvalue weighted by molar-refractivity contribution is 7.09. The van der Waals surface area contributed by atoms with E-state index in [0.29, 0.717) is 12.1 Å². The number of nitrogens with zero attached hydrogens (tertiary/aromatic N) is 1. The van der Waals surface area contributed by atoms with Crippen molar-refractivity contribution in [3.63, 3.8) is 0 Å². The topological polar surface area (TPSA) is 24.9 Å². The van der Waals surface area contributed by atoms with Crippen LogP contribution in [-0.4, -0.2) is 11.0 Å². The molecule has 2 aromatic rings. The van der Waals surface area contributed by atoms with Crippen molar-refractivity contribution >= 4 is 11.3 Å². The van der Waals surface area contributed by atoms with Crippen LogP contribution in [0.5, 0.6) is 0 Å². The molecular weight excluding hydrogens is 252 g/mol. The Morgan fingerprint density at radius 2 is 2.11 bits per heavy atom. The van der Waals surface area contributed by atoms with E-state index in [1.165, 1.54) is 29.7 Å². The molecule has 0 fully saturated rings.